The molecule has 3 nitrogen and oxygen atoms in total. The average molecular weight is 344 g/mol. The number of hydrogen-bond acceptors (Lipinski definition) is 2. The summed E-state index contributed by atoms with van der Waals surface area (Å²) in [5, 5.41) is 6.89. The van der Waals surface area contributed by atoms with Crippen molar-refractivity contribution in [2.24, 2.45) is 0 Å². The number of rotatable bonds is 17. The van der Waals surface area contributed by atoms with Gasteiger partial charge < -0.3 is 10.0 Å². The topological polar surface area (TPSA) is 40.5 Å². The first-order valence-corrected chi connectivity index (χ1v) is 10.4. The van der Waals surface area contributed by atoms with E-state index in [0.717, 1.165) is 0 Å². The fourth-order valence-electron chi connectivity index (χ4n) is 2.98. The van der Waals surface area contributed by atoms with E-state index in [1.54, 1.807) is 0 Å². The first-order chi connectivity index (χ1) is 11.7. The molecule has 1 N–H and O–H groups in total. The van der Waals surface area contributed by atoms with Crippen molar-refractivity contribution in [3.63, 3.8) is 0 Å². The maximum atomic E-state index is 8.36. The highest BCUT2D eigenvalue weighted by atomic mass is 16.3. The number of carboxylic acid groups (broad SMARTS) is 1. The molecule has 0 aliphatic rings. The number of hydrogen-bond donors (Lipinski definition) is 1. The molecule has 0 aromatic rings. The van der Waals surface area contributed by atoms with Gasteiger partial charge in [-0.1, -0.05) is 103 Å². The number of unbranched alkanes of at least 4 members (excludes halogenated alkanes) is 15. The van der Waals surface area contributed by atoms with Crippen molar-refractivity contribution in [2.45, 2.75) is 110 Å². The quantitative estimate of drug-likeness (QED) is 0.242. The molecule has 0 saturated carbocycles. The Morgan fingerprint density at radius 2 is 0.875 bits per heavy atom. The van der Waals surface area contributed by atoms with Gasteiger partial charge in [0.15, 0.2) is 0 Å². The smallest absolute Gasteiger partial charge is 0.290 e. The minimum Gasteiger partial charge on any atom is -0.483 e. The highest BCUT2D eigenvalue weighted by molar-refractivity contribution is 5.32. The largest absolute Gasteiger partial charge is 0.483 e. The molecule has 146 valence electrons. The molecule has 0 aliphatic heterocycles. The molecule has 0 heterocycles. The lowest BCUT2D eigenvalue weighted by Gasteiger charge is -2.08. The second kappa shape index (κ2) is 24.7. The van der Waals surface area contributed by atoms with Crippen LogP contribution in [0.3, 0.4) is 0 Å². The van der Waals surface area contributed by atoms with Crippen LogP contribution in [0.25, 0.3) is 0 Å². The van der Waals surface area contributed by atoms with Crippen LogP contribution in [0.15, 0.2) is 0 Å². The first kappa shape index (κ1) is 25.7. The Morgan fingerprint density at radius 3 is 1.12 bits per heavy atom. The summed E-state index contributed by atoms with van der Waals surface area (Å²) >= 11 is 0. The summed E-state index contributed by atoms with van der Waals surface area (Å²) in [5.74, 6) is 0. The molecule has 0 spiro atoms. The Labute approximate surface area is 152 Å². The maximum Gasteiger partial charge on any atom is 0.290 e. The molecule has 0 radical (unpaired) electrons. The van der Waals surface area contributed by atoms with Crippen molar-refractivity contribution < 1.29 is 9.90 Å². The van der Waals surface area contributed by atoms with Gasteiger partial charge in [-0.15, -0.1) is 0 Å². The lowest BCUT2D eigenvalue weighted by Crippen LogP contribution is -2.12. The Bertz CT molecular complexity index is 220. The summed E-state index contributed by atoms with van der Waals surface area (Å²) in [5.41, 5.74) is 0. The maximum absolute atomic E-state index is 8.36. The van der Waals surface area contributed by atoms with Crippen LogP contribution in [0.5, 0.6) is 0 Å². The van der Waals surface area contributed by atoms with E-state index in [1.807, 2.05) is 0 Å². The highest BCUT2D eigenvalue weighted by Crippen LogP contribution is 2.13. The fraction of sp³-hybridized carbons (Fsp3) is 0.952. The van der Waals surface area contributed by atoms with Crippen LogP contribution in [-0.4, -0.2) is 37.1 Å². The first-order valence-electron chi connectivity index (χ1n) is 10.4. The van der Waals surface area contributed by atoms with E-state index in [2.05, 4.69) is 25.9 Å². The monoisotopic (exact) mass is 343 g/mol. The molecule has 0 aromatic heterocycles. The van der Waals surface area contributed by atoms with E-state index in [1.165, 1.54) is 109 Å². The van der Waals surface area contributed by atoms with Gasteiger partial charge in [0.25, 0.3) is 6.47 Å². The van der Waals surface area contributed by atoms with Crippen LogP contribution < -0.4 is 0 Å². The summed E-state index contributed by atoms with van der Waals surface area (Å²) in [7, 11) is 4.34. The molecule has 0 unspecified atom stereocenters. The van der Waals surface area contributed by atoms with Gasteiger partial charge in [-0.3, -0.25) is 4.79 Å². The minimum absolute atomic E-state index is 0.250. The Balaban J connectivity index is 0. The summed E-state index contributed by atoms with van der Waals surface area (Å²) in [6, 6.07) is 0. The van der Waals surface area contributed by atoms with Gasteiger partial charge in [0, 0.05) is 0 Å². The van der Waals surface area contributed by atoms with Crippen molar-refractivity contribution in [2.75, 3.05) is 20.6 Å². The van der Waals surface area contributed by atoms with Gasteiger partial charge in [-0.2, -0.15) is 0 Å². The molecule has 0 amide bonds. The second-order valence-corrected chi connectivity index (χ2v) is 7.21. The Kier molecular flexibility index (Phi) is 26.4. The van der Waals surface area contributed by atoms with Crippen molar-refractivity contribution in [3.05, 3.63) is 0 Å². The highest BCUT2D eigenvalue weighted by Gasteiger charge is 1.95. The molecule has 0 fully saturated rings. The van der Waals surface area contributed by atoms with Crippen molar-refractivity contribution in [1.82, 2.24) is 4.90 Å². The third-order valence-electron chi connectivity index (χ3n) is 4.46. The average Bonchev–Trinajstić information content (AvgIpc) is 2.55. The molecule has 0 saturated heterocycles. The molecule has 0 aromatic carbocycles. The van der Waals surface area contributed by atoms with Crippen LogP contribution in [0, 0.1) is 0 Å². The molecule has 0 bridgehead atoms. The molecule has 24 heavy (non-hydrogen) atoms. The van der Waals surface area contributed by atoms with Gasteiger partial charge in [0.1, 0.15) is 0 Å². The normalized spacial score (nSPS) is 10.5. The van der Waals surface area contributed by atoms with E-state index < -0.39 is 0 Å². The van der Waals surface area contributed by atoms with E-state index in [4.69, 9.17) is 9.90 Å². The van der Waals surface area contributed by atoms with E-state index in [-0.39, 0.29) is 6.47 Å². The molecule has 0 rings (SSSR count). The van der Waals surface area contributed by atoms with Crippen LogP contribution in [0.2, 0.25) is 0 Å². The van der Waals surface area contributed by atoms with Crippen LogP contribution >= 0.6 is 0 Å². The van der Waals surface area contributed by atoms with Crippen LogP contribution in [-0.2, 0) is 4.79 Å². The zero-order valence-corrected chi connectivity index (χ0v) is 16.9. The van der Waals surface area contributed by atoms with E-state index in [0.29, 0.717) is 0 Å². The number of nitrogens with zero attached hydrogens (tertiary/aromatic N) is 1. The predicted molar refractivity (Wildman–Crippen MR) is 107 cm³/mol. The van der Waals surface area contributed by atoms with E-state index >= 15 is 0 Å². The molecular weight excluding hydrogens is 298 g/mol. The van der Waals surface area contributed by atoms with Crippen molar-refractivity contribution in [1.29, 1.82) is 0 Å². The zero-order chi connectivity index (χ0) is 18.3. The third kappa shape index (κ3) is 29.4. The van der Waals surface area contributed by atoms with Gasteiger partial charge in [-0.05, 0) is 27.1 Å². The van der Waals surface area contributed by atoms with Crippen molar-refractivity contribution in [3.8, 4) is 0 Å². The number of carbonyl (C=O) groups is 1. The molecule has 0 atom stereocenters. The molecule has 3 heteroatoms. The lowest BCUT2D eigenvalue weighted by molar-refractivity contribution is -0.122. The Hall–Kier alpha value is -0.570. The molecule has 0 aliphatic carbocycles. The summed E-state index contributed by atoms with van der Waals surface area (Å²) in [6.07, 6.45) is 23.3. The Morgan fingerprint density at radius 1 is 0.625 bits per heavy atom. The second-order valence-electron chi connectivity index (χ2n) is 7.21. The molecular formula is C21H45NO2. The fourth-order valence-corrected chi connectivity index (χ4v) is 2.98. The van der Waals surface area contributed by atoms with Crippen molar-refractivity contribution >= 4 is 6.47 Å². The van der Waals surface area contributed by atoms with Gasteiger partial charge in [-0.25, -0.2) is 0 Å². The standard InChI is InChI=1S/C20H43N.CH2O2/c1-4-5-6-7-8-9-10-11-12-13-14-15-16-17-18-19-20-21(2)3;2-1-3/h4-20H2,1-3H3;1H,(H,2,3). The zero-order valence-electron chi connectivity index (χ0n) is 16.9. The van der Waals surface area contributed by atoms with Crippen LogP contribution in [0.4, 0.5) is 0 Å². The van der Waals surface area contributed by atoms with Gasteiger partial charge >= 0.3 is 0 Å². The summed E-state index contributed by atoms with van der Waals surface area (Å²) in [4.78, 5) is 10.7. The lowest BCUT2D eigenvalue weighted by atomic mass is 10.0. The van der Waals surface area contributed by atoms with Gasteiger partial charge in [0.05, 0.1) is 0 Å². The van der Waals surface area contributed by atoms with Crippen LogP contribution in [0.1, 0.15) is 110 Å². The SMILES string of the molecule is CCCCCCCCCCCCCCCCCCN(C)C.O=CO. The predicted octanol–water partition coefficient (Wildman–Crippen LogP) is 6.51. The third-order valence-corrected chi connectivity index (χ3v) is 4.46. The minimum atomic E-state index is -0.250. The summed E-state index contributed by atoms with van der Waals surface area (Å²) < 4.78 is 0. The van der Waals surface area contributed by atoms with Gasteiger partial charge in [0.2, 0.25) is 0 Å². The summed E-state index contributed by atoms with van der Waals surface area (Å²) in [6.45, 7) is 3.31. The van der Waals surface area contributed by atoms with E-state index in [9.17, 15) is 0 Å².